The van der Waals surface area contributed by atoms with E-state index in [1.54, 1.807) is 36.8 Å². The number of H-pyrrole nitrogens is 1. The van der Waals surface area contributed by atoms with E-state index >= 15 is 0 Å². The molecule has 0 radical (unpaired) electrons. The highest BCUT2D eigenvalue weighted by molar-refractivity contribution is 7.89. The number of imidazole rings is 2. The normalized spacial score (nSPS) is 12.1. The zero-order chi connectivity index (χ0) is 14.2. The van der Waals surface area contributed by atoms with Crippen molar-refractivity contribution in [1.82, 2.24) is 24.1 Å². The first kappa shape index (κ1) is 13.1. The van der Waals surface area contributed by atoms with Gasteiger partial charge in [0.25, 0.3) is 10.0 Å². The van der Waals surface area contributed by atoms with Crippen LogP contribution in [-0.2, 0) is 16.6 Å². The van der Waals surface area contributed by atoms with E-state index in [1.807, 2.05) is 0 Å². The molecule has 104 valence electrons. The van der Waals surface area contributed by atoms with E-state index in [0.29, 0.717) is 11.5 Å². The summed E-state index contributed by atoms with van der Waals surface area (Å²) in [6, 6.07) is 5.14. The lowest BCUT2D eigenvalue weighted by molar-refractivity contribution is 0.574. The molecule has 2 N–H and O–H groups in total. The lowest BCUT2D eigenvalue weighted by Gasteiger charge is -2.05. The predicted molar refractivity (Wildman–Crippen MR) is 72.8 cm³/mol. The topological polar surface area (TPSA) is 92.1 Å². The number of sulfonamides is 1. The lowest BCUT2D eigenvalue weighted by Crippen LogP contribution is -2.25. The van der Waals surface area contributed by atoms with E-state index in [0.717, 1.165) is 0 Å². The first-order valence-corrected chi connectivity index (χ1v) is 7.54. The lowest BCUT2D eigenvalue weighted by atomic mass is 10.5. The molecule has 3 aromatic rings. The number of hydrogen-bond donors (Lipinski definition) is 2. The predicted octanol–water partition coefficient (Wildman–Crippen LogP) is 1.19. The van der Waals surface area contributed by atoms with Gasteiger partial charge in [0.15, 0.2) is 10.2 Å². The molecular formula is C11H10ClN5O2S. The fraction of sp³-hybridized carbons (Fsp3) is 0.0909. The van der Waals surface area contributed by atoms with E-state index in [1.165, 1.54) is 4.40 Å². The van der Waals surface area contributed by atoms with Crippen molar-refractivity contribution in [2.75, 3.05) is 0 Å². The molecule has 0 saturated carbocycles. The van der Waals surface area contributed by atoms with Crippen LogP contribution in [0.5, 0.6) is 0 Å². The highest BCUT2D eigenvalue weighted by Crippen LogP contribution is 2.22. The van der Waals surface area contributed by atoms with Crippen LogP contribution in [-0.4, -0.2) is 27.8 Å². The third-order valence-electron chi connectivity index (χ3n) is 2.69. The number of halogens is 1. The Bertz CT molecular complexity index is 841. The summed E-state index contributed by atoms with van der Waals surface area (Å²) >= 11 is 5.94. The molecule has 20 heavy (non-hydrogen) atoms. The molecule has 0 aliphatic carbocycles. The number of aromatic amines is 1. The highest BCUT2D eigenvalue weighted by Gasteiger charge is 2.24. The number of pyridine rings is 1. The average molecular weight is 312 g/mol. The third kappa shape index (κ3) is 2.28. The molecule has 0 spiro atoms. The minimum absolute atomic E-state index is 0.0474. The summed E-state index contributed by atoms with van der Waals surface area (Å²) in [6.07, 6.45) is 4.76. The second-order valence-corrected chi connectivity index (χ2v) is 6.04. The zero-order valence-corrected chi connectivity index (χ0v) is 11.7. The molecule has 0 fully saturated rings. The SMILES string of the molecule is O=S(=O)(NCc1ncc[nH]1)c1c(Cl)nc2ccccn12. The van der Waals surface area contributed by atoms with Crippen molar-refractivity contribution in [2.24, 2.45) is 0 Å². The Morgan fingerprint density at radius 2 is 2.25 bits per heavy atom. The van der Waals surface area contributed by atoms with Crippen LogP contribution in [0, 0.1) is 0 Å². The summed E-state index contributed by atoms with van der Waals surface area (Å²) in [4.78, 5) is 10.8. The van der Waals surface area contributed by atoms with Crippen molar-refractivity contribution < 1.29 is 8.42 Å². The van der Waals surface area contributed by atoms with Crippen LogP contribution < -0.4 is 4.72 Å². The Morgan fingerprint density at radius 3 is 3.00 bits per heavy atom. The van der Waals surface area contributed by atoms with Crippen LogP contribution in [0.25, 0.3) is 5.65 Å². The van der Waals surface area contributed by atoms with Crippen LogP contribution in [0.1, 0.15) is 5.82 Å². The number of fused-ring (bicyclic) bond motifs is 1. The highest BCUT2D eigenvalue weighted by atomic mass is 35.5. The zero-order valence-electron chi connectivity index (χ0n) is 10.1. The molecule has 0 atom stereocenters. The Kier molecular flexibility index (Phi) is 3.20. The smallest absolute Gasteiger partial charge is 0.260 e. The Balaban J connectivity index is 1.98. The molecule has 7 nitrogen and oxygen atoms in total. The minimum Gasteiger partial charge on any atom is -0.347 e. The summed E-state index contributed by atoms with van der Waals surface area (Å²) in [7, 11) is -3.79. The number of nitrogens with one attached hydrogen (secondary N) is 2. The van der Waals surface area contributed by atoms with Gasteiger partial charge in [0, 0.05) is 18.6 Å². The minimum atomic E-state index is -3.79. The second-order valence-electron chi connectivity index (χ2n) is 4.00. The van der Waals surface area contributed by atoms with Crippen LogP contribution in [0.3, 0.4) is 0 Å². The summed E-state index contributed by atoms with van der Waals surface area (Å²) in [5, 5.41) is -0.149. The van der Waals surface area contributed by atoms with Gasteiger partial charge in [-0.05, 0) is 12.1 Å². The number of aromatic nitrogens is 4. The molecule has 0 saturated heterocycles. The largest absolute Gasteiger partial charge is 0.347 e. The van der Waals surface area contributed by atoms with Crippen LogP contribution in [0.2, 0.25) is 5.15 Å². The molecule has 3 aromatic heterocycles. The van der Waals surface area contributed by atoms with Crippen molar-refractivity contribution in [1.29, 1.82) is 0 Å². The molecule has 3 rings (SSSR count). The second kappa shape index (κ2) is 4.89. The van der Waals surface area contributed by atoms with E-state index in [4.69, 9.17) is 11.6 Å². The van der Waals surface area contributed by atoms with Crippen LogP contribution in [0.4, 0.5) is 0 Å². The van der Waals surface area contributed by atoms with Crippen LogP contribution >= 0.6 is 11.6 Å². The average Bonchev–Trinajstić information content (AvgIpc) is 3.02. The van der Waals surface area contributed by atoms with Crippen molar-refractivity contribution in [2.45, 2.75) is 11.6 Å². The van der Waals surface area contributed by atoms with Gasteiger partial charge in [0.1, 0.15) is 11.5 Å². The maximum atomic E-state index is 12.3. The van der Waals surface area contributed by atoms with E-state index in [-0.39, 0.29) is 16.7 Å². The van der Waals surface area contributed by atoms with Gasteiger partial charge >= 0.3 is 0 Å². The van der Waals surface area contributed by atoms with Crippen molar-refractivity contribution in [3.63, 3.8) is 0 Å². The molecule has 0 bridgehead atoms. The van der Waals surface area contributed by atoms with Crippen LogP contribution in [0.15, 0.2) is 41.8 Å². The fourth-order valence-electron chi connectivity index (χ4n) is 1.81. The summed E-state index contributed by atoms with van der Waals surface area (Å²) in [5.74, 6) is 0.513. The summed E-state index contributed by atoms with van der Waals surface area (Å²) < 4.78 is 28.5. The van der Waals surface area contributed by atoms with E-state index in [2.05, 4.69) is 19.7 Å². The molecule has 0 aliphatic rings. The summed E-state index contributed by atoms with van der Waals surface area (Å²) in [6.45, 7) is 0.0474. The molecule has 9 heteroatoms. The van der Waals surface area contributed by atoms with Gasteiger partial charge in [-0.3, -0.25) is 4.40 Å². The third-order valence-corrected chi connectivity index (χ3v) is 4.48. The van der Waals surface area contributed by atoms with Gasteiger partial charge in [-0.15, -0.1) is 0 Å². The Hall–Kier alpha value is -1.90. The molecule has 0 unspecified atom stereocenters. The van der Waals surface area contributed by atoms with E-state index in [9.17, 15) is 8.42 Å². The van der Waals surface area contributed by atoms with Crippen molar-refractivity contribution >= 4 is 27.3 Å². The maximum Gasteiger partial charge on any atom is 0.260 e. The van der Waals surface area contributed by atoms with E-state index < -0.39 is 10.0 Å². The molecule has 0 aromatic carbocycles. The molecule has 0 aliphatic heterocycles. The van der Waals surface area contributed by atoms with Gasteiger partial charge in [-0.25, -0.2) is 23.1 Å². The number of nitrogens with zero attached hydrogens (tertiary/aromatic N) is 3. The van der Waals surface area contributed by atoms with Gasteiger partial charge in [-0.2, -0.15) is 0 Å². The molecular weight excluding hydrogens is 302 g/mol. The standard InChI is InChI=1S/C11H10ClN5O2S/c12-10-11(17-6-2-1-3-9(17)16-10)20(18,19)15-7-8-13-4-5-14-8/h1-6,15H,7H2,(H,13,14). The first-order chi connectivity index (χ1) is 9.58. The van der Waals surface area contributed by atoms with Crippen molar-refractivity contribution in [3.8, 4) is 0 Å². The molecule has 3 heterocycles. The van der Waals surface area contributed by atoms with Gasteiger partial charge in [0.05, 0.1) is 6.54 Å². The van der Waals surface area contributed by atoms with Gasteiger partial charge in [-0.1, -0.05) is 17.7 Å². The Labute approximate surface area is 119 Å². The quantitative estimate of drug-likeness (QED) is 0.757. The summed E-state index contributed by atoms with van der Waals surface area (Å²) in [5.41, 5.74) is 0.468. The first-order valence-electron chi connectivity index (χ1n) is 5.68. The van der Waals surface area contributed by atoms with Crippen molar-refractivity contribution in [3.05, 3.63) is 47.8 Å². The van der Waals surface area contributed by atoms with Gasteiger partial charge in [0.2, 0.25) is 0 Å². The van der Waals surface area contributed by atoms with Gasteiger partial charge < -0.3 is 4.98 Å². The molecule has 0 amide bonds. The maximum absolute atomic E-state index is 12.3. The monoisotopic (exact) mass is 311 g/mol. The number of rotatable bonds is 4. The fourth-order valence-corrected chi connectivity index (χ4v) is 3.44. The number of hydrogen-bond acceptors (Lipinski definition) is 4. The Morgan fingerprint density at radius 1 is 1.40 bits per heavy atom.